The quantitative estimate of drug-likeness (QED) is 0.378. The van der Waals surface area contributed by atoms with E-state index in [0.29, 0.717) is 12.1 Å². The third-order valence-electron chi connectivity index (χ3n) is 4.57. The summed E-state index contributed by atoms with van der Waals surface area (Å²) in [5.74, 6) is 0.708. The van der Waals surface area contributed by atoms with Crippen LogP contribution in [-0.4, -0.2) is 37.0 Å². The Hall–Kier alpha value is -3.28. The van der Waals surface area contributed by atoms with E-state index in [1.807, 2.05) is 30.3 Å². The van der Waals surface area contributed by atoms with E-state index in [0.717, 1.165) is 31.0 Å². The Labute approximate surface area is 165 Å². The fourth-order valence-corrected chi connectivity index (χ4v) is 3.07. The summed E-state index contributed by atoms with van der Waals surface area (Å²) in [5.41, 5.74) is 4.17. The van der Waals surface area contributed by atoms with Crippen LogP contribution in [-0.2, 0) is 13.0 Å². The van der Waals surface area contributed by atoms with E-state index in [2.05, 4.69) is 57.2 Å². The first-order valence-electron chi connectivity index (χ1n) is 9.59. The van der Waals surface area contributed by atoms with E-state index < -0.39 is 0 Å². The summed E-state index contributed by atoms with van der Waals surface area (Å²) in [6.07, 6.45) is 2.99. The smallest absolute Gasteiger partial charge is 0.251 e. The van der Waals surface area contributed by atoms with E-state index in [4.69, 9.17) is 0 Å². The van der Waals surface area contributed by atoms with Crippen molar-refractivity contribution in [3.8, 4) is 0 Å². The molecule has 146 valence electrons. The van der Waals surface area contributed by atoms with Gasteiger partial charge in [0.1, 0.15) is 0 Å². The number of nitrogens with zero attached hydrogens (tertiary/aromatic N) is 1. The topological polar surface area (TPSA) is 81.3 Å². The molecule has 0 aliphatic heterocycles. The molecule has 0 aliphatic carbocycles. The Kier molecular flexibility index (Phi) is 6.68. The maximum Gasteiger partial charge on any atom is 0.251 e. The molecule has 0 radical (unpaired) electrons. The Morgan fingerprint density at radius 1 is 1.07 bits per heavy atom. The number of para-hydroxylation sites is 1. The van der Waals surface area contributed by atoms with Crippen molar-refractivity contribution in [2.24, 2.45) is 4.99 Å². The predicted octanol–water partition coefficient (Wildman–Crippen LogP) is 2.83. The van der Waals surface area contributed by atoms with Crippen LogP contribution in [0.4, 0.5) is 0 Å². The van der Waals surface area contributed by atoms with Gasteiger partial charge in [-0.1, -0.05) is 30.3 Å². The third-order valence-corrected chi connectivity index (χ3v) is 4.57. The summed E-state index contributed by atoms with van der Waals surface area (Å²) < 4.78 is 0. The molecule has 0 aliphatic rings. The molecule has 0 spiro atoms. The second kappa shape index (κ2) is 9.60. The Bertz CT molecular complexity index is 943. The van der Waals surface area contributed by atoms with Crippen molar-refractivity contribution in [1.29, 1.82) is 0 Å². The molecule has 1 amide bonds. The highest BCUT2D eigenvalue weighted by Gasteiger charge is 2.04. The van der Waals surface area contributed by atoms with E-state index in [1.165, 1.54) is 16.5 Å². The van der Waals surface area contributed by atoms with Gasteiger partial charge in [-0.25, -0.2) is 4.99 Å². The van der Waals surface area contributed by atoms with Crippen LogP contribution < -0.4 is 16.0 Å². The maximum atomic E-state index is 11.6. The zero-order valence-corrected chi connectivity index (χ0v) is 16.4. The number of rotatable bonds is 7. The zero-order valence-electron chi connectivity index (χ0n) is 16.4. The summed E-state index contributed by atoms with van der Waals surface area (Å²) in [5, 5.41) is 10.6. The van der Waals surface area contributed by atoms with Crippen LogP contribution in [0.15, 0.2) is 59.7 Å². The SMILES string of the molecule is CCNC(=NCc1ccc(C(=O)NC)cc1)NCCc1c[nH]c2ccccc12. The largest absolute Gasteiger partial charge is 0.361 e. The van der Waals surface area contributed by atoms with Gasteiger partial charge in [0.2, 0.25) is 0 Å². The highest BCUT2D eigenvalue weighted by Crippen LogP contribution is 2.17. The first kappa shape index (κ1) is 19.5. The second-order valence-corrected chi connectivity index (χ2v) is 6.51. The van der Waals surface area contributed by atoms with Gasteiger partial charge in [0.15, 0.2) is 5.96 Å². The van der Waals surface area contributed by atoms with Crippen molar-refractivity contribution in [2.75, 3.05) is 20.1 Å². The summed E-state index contributed by atoms with van der Waals surface area (Å²) in [6, 6.07) is 15.8. The number of nitrogens with one attached hydrogen (secondary N) is 4. The molecule has 1 heterocycles. The Morgan fingerprint density at radius 3 is 2.61 bits per heavy atom. The van der Waals surface area contributed by atoms with Crippen LogP contribution in [0.5, 0.6) is 0 Å². The van der Waals surface area contributed by atoms with Gasteiger partial charge in [-0.15, -0.1) is 0 Å². The number of aliphatic imine (C=N–C) groups is 1. The van der Waals surface area contributed by atoms with E-state index >= 15 is 0 Å². The number of hydrogen-bond acceptors (Lipinski definition) is 2. The lowest BCUT2D eigenvalue weighted by atomic mass is 10.1. The summed E-state index contributed by atoms with van der Waals surface area (Å²) in [6.45, 7) is 4.20. The number of benzene rings is 2. The van der Waals surface area contributed by atoms with Crippen molar-refractivity contribution >= 4 is 22.8 Å². The monoisotopic (exact) mass is 377 g/mol. The molecule has 4 N–H and O–H groups in total. The first-order valence-corrected chi connectivity index (χ1v) is 9.59. The molecule has 1 aromatic heterocycles. The van der Waals surface area contributed by atoms with Gasteiger partial charge >= 0.3 is 0 Å². The van der Waals surface area contributed by atoms with E-state index in [-0.39, 0.29) is 5.91 Å². The molecule has 0 fully saturated rings. The number of carbonyl (C=O) groups excluding carboxylic acids is 1. The average molecular weight is 377 g/mol. The summed E-state index contributed by atoms with van der Waals surface area (Å²) in [4.78, 5) is 19.6. The highest BCUT2D eigenvalue weighted by atomic mass is 16.1. The zero-order chi connectivity index (χ0) is 19.8. The van der Waals surface area contributed by atoms with E-state index in [9.17, 15) is 4.79 Å². The maximum absolute atomic E-state index is 11.6. The number of carbonyl (C=O) groups is 1. The van der Waals surface area contributed by atoms with Gasteiger partial charge in [0, 0.05) is 42.8 Å². The lowest BCUT2D eigenvalue weighted by molar-refractivity contribution is 0.0963. The van der Waals surface area contributed by atoms with Crippen LogP contribution in [0.2, 0.25) is 0 Å². The summed E-state index contributed by atoms with van der Waals surface area (Å²) >= 11 is 0. The van der Waals surface area contributed by atoms with Gasteiger partial charge in [0.05, 0.1) is 6.54 Å². The molecular weight excluding hydrogens is 350 g/mol. The number of guanidine groups is 1. The molecule has 3 rings (SSSR count). The van der Waals surface area contributed by atoms with Gasteiger partial charge in [-0.05, 0) is 42.7 Å². The lowest BCUT2D eigenvalue weighted by Crippen LogP contribution is -2.38. The fraction of sp³-hybridized carbons (Fsp3) is 0.273. The van der Waals surface area contributed by atoms with Crippen LogP contribution >= 0.6 is 0 Å². The Morgan fingerprint density at radius 2 is 1.86 bits per heavy atom. The minimum absolute atomic E-state index is 0.0812. The molecule has 2 aromatic carbocycles. The molecule has 0 unspecified atom stereocenters. The first-order chi connectivity index (χ1) is 13.7. The van der Waals surface area contributed by atoms with Crippen molar-refractivity contribution in [2.45, 2.75) is 19.9 Å². The fourth-order valence-electron chi connectivity index (χ4n) is 3.07. The Balaban J connectivity index is 1.57. The normalized spacial score (nSPS) is 11.4. The molecule has 28 heavy (non-hydrogen) atoms. The number of aromatic nitrogens is 1. The van der Waals surface area contributed by atoms with Crippen molar-refractivity contribution < 1.29 is 4.79 Å². The van der Waals surface area contributed by atoms with Crippen LogP contribution in [0.25, 0.3) is 10.9 Å². The molecule has 0 atom stereocenters. The molecule has 0 saturated heterocycles. The average Bonchev–Trinajstić information content (AvgIpc) is 3.15. The molecule has 6 heteroatoms. The van der Waals surface area contributed by atoms with E-state index in [1.54, 1.807) is 7.05 Å². The number of aromatic amines is 1. The van der Waals surface area contributed by atoms with Gasteiger partial charge in [0.25, 0.3) is 5.91 Å². The molecule has 3 aromatic rings. The van der Waals surface area contributed by atoms with Crippen molar-refractivity contribution in [3.63, 3.8) is 0 Å². The lowest BCUT2D eigenvalue weighted by Gasteiger charge is -2.11. The number of H-pyrrole nitrogens is 1. The van der Waals surface area contributed by atoms with Crippen LogP contribution in [0.3, 0.4) is 0 Å². The second-order valence-electron chi connectivity index (χ2n) is 6.51. The molecule has 6 nitrogen and oxygen atoms in total. The standard InChI is InChI=1S/C22H27N5O/c1-3-24-22(27-14-16-8-10-17(11-9-16)21(28)23-2)25-13-12-18-15-26-20-7-5-4-6-19(18)20/h4-11,15,26H,3,12-14H2,1-2H3,(H,23,28)(H2,24,25,27). The van der Waals surface area contributed by atoms with Gasteiger partial charge in [-0.3, -0.25) is 4.79 Å². The minimum atomic E-state index is -0.0812. The van der Waals surface area contributed by atoms with Crippen molar-refractivity contribution in [1.82, 2.24) is 20.9 Å². The number of hydrogen-bond donors (Lipinski definition) is 4. The van der Waals surface area contributed by atoms with Crippen LogP contribution in [0.1, 0.15) is 28.4 Å². The van der Waals surface area contributed by atoms with Crippen LogP contribution in [0, 0.1) is 0 Å². The third kappa shape index (κ3) is 4.91. The van der Waals surface area contributed by atoms with Crippen molar-refractivity contribution in [3.05, 3.63) is 71.4 Å². The molecule has 0 saturated carbocycles. The van der Waals surface area contributed by atoms with Gasteiger partial charge in [-0.2, -0.15) is 0 Å². The minimum Gasteiger partial charge on any atom is -0.361 e. The molecule has 0 bridgehead atoms. The molecular formula is C22H27N5O. The summed E-state index contributed by atoms with van der Waals surface area (Å²) in [7, 11) is 1.63. The van der Waals surface area contributed by atoms with Gasteiger partial charge < -0.3 is 20.9 Å². The predicted molar refractivity (Wildman–Crippen MR) is 115 cm³/mol. The number of amides is 1. The highest BCUT2D eigenvalue weighted by molar-refractivity contribution is 5.94. The number of fused-ring (bicyclic) bond motifs is 1.